The molecular formula is C8H14F2N2O. The minimum Gasteiger partial charge on any atom is -0.318 e. The van der Waals surface area contributed by atoms with E-state index in [0.29, 0.717) is 12.6 Å². The Morgan fingerprint density at radius 3 is 2.69 bits per heavy atom. The molecule has 13 heavy (non-hydrogen) atoms. The molecule has 2 aliphatic heterocycles. The molecule has 2 heterocycles. The van der Waals surface area contributed by atoms with Crippen molar-refractivity contribution in [2.45, 2.75) is 25.2 Å². The lowest BCUT2D eigenvalue weighted by atomic mass is 10.1. The van der Waals surface area contributed by atoms with Crippen molar-refractivity contribution in [3.63, 3.8) is 0 Å². The summed E-state index contributed by atoms with van der Waals surface area (Å²) in [5, 5.41) is 3.16. The van der Waals surface area contributed by atoms with E-state index in [1.807, 2.05) is 0 Å². The van der Waals surface area contributed by atoms with Gasteiger partial charge < -0.3 is 10.1 Å². The Morgan fingerprint density at radius 2 is 2.15 bits per heavy atom. The largest absolute Gasteiger partial charge is 0.345 e. The molecule has 0 bridgehead atoms. The zero-order chi connectivity index (χ0) is 9.26. The van der Waals surface area contributed by atoms with Crippen LogP contribution in [-0.2, 0) is 4.74 Å². The summed E-state index contributed by atoms with van der Waals surface area (Å²) in [6.07, 6.45) is 0.474. The van der Waals surface area contributed by atoms with Crippen LogP contribution in [0.4, 0.5) is 8.78 Å². The van der Waals surface area contributed by atoms with Gasteiger partial charge in [-0.15, -0.1) is 0 Å². The highest BCUT2D eigenvalue weighted by Crippen LogP contribution is 2.19. The minimum absolute atomic E-state index is 0.263. The Balaban J connectivity index is 1.73. The Bertz CT molecular complexity index is 176. The summed E-state index contributed by atoms with van der Waals surface area (Å²) in [4.78, 5) is 2.23. The van der Waals surface area contributed by atoms with Crippen molar-refractivity contribution in [1.82, 2.24) is 10.2 Å². The molecule has 76 valence electrons. The van der Waals surface area contributed by atoms with Gasteiger partial charge in [-0.05, 0) is 6.42 Å². The first kappa shape index (κ1) is 9.30. The van der Waals surface area contributed by atoms with E-state index in [-0.39, 0.29) is 6.10 Å². The van der Waals surface area contributed by atoms with E-state index >= 15 is 0 Å². The molecule has 2 fully saturated rings. The molecule has 2 aliphatic rings. The van der Waals surface area contributed by atoms with Crippen molar-refractivity contribution in [1.29, 1.82) is 0 Å². The Kier molecular flexibility index (Phi) is 2.76. The molecule has 0 saturated carbocycles. The molecule has 0 spiro atoms. The van der Waals surface area contributed by atoms with Crippen LogP contribution >= 0.6 is 0 Å². The number of likely N-dealkylation sites (tertiary alicyclic amines) is 1. The molecule has 2 saturated heterocycles. The standard InChI is InChI=1S/C8H14F2N2O/c9-8(10)13-7-1-2-12(5-7)6-3-11-4-6/h6-8,11H,1-5H2/t7-/m1/s1. The molecule has 3 nitrogen and oxygen atoms in total. The number of halogens is 2. The van der Waals surface area contributed by atoms with Gasteiger partial charge in [-0.2, -0.15) is 8.78 Å². The van der Waals surface area contributed by atoms with Gasteiger partial charge in [0.2, 0.25) is 0 Å². The predicted molar refractivity (Wildman–Crippen MR) is 43.7 cm³/mol. The van der Waals surface area contributed by atoms with Gasteiger partial charge in [0.25, 0.3) is 0 Å². The van der Waals surface area contributed by atoms with Crippen LogP contribution in [0.15, 0.2) is 0 Å². The molecule has 0 aliphatic carbocycles. The molecule has 1 atom stereocenters. The molecule has 2 rings (SSSR count). The van der Waals surface area contributed by atoms with Crippen molar-refractivity contribution in [2.75, 3.05) is 26.2 Å². The average molecular weight is 192 g/mol. The monoisotopic (exact) mass is 192 g/mol. The second kappa shape index (κ2) is 3.86. The second-order valence-electron chi connectivity index (χ2n) is 3.61. The van der Waals surface area contributed by atoms with E-state index in [2.05, 4.69) is 15.0 Å². The van der Waals surface area contributed by atoms with Gasteiger partial charge >= 0.3 is 6.61 Å². The van der Waals surface area contributed by atoms with E-state index in [9.17, 15) is 8.78 Å². The smallest absolute Gasteiger partial charge is 0.318 e. The number of rotatable bonds is 3. The summed E-state index contributed by atoms with van der Waals surface area (Å²) in [6, 6.07) is 0.547. The maximum atomic E-state index is 11.9. The first-order valence-corrected chi connectivity index (χ1v) is 4.64. The molecule has 0 radical (unpaired) electrons. The zero-order valence-electron chi connectivity index (χ0n) is 7.38. The summed E-state index contributed by atoms with van der Waals surface area (Å²) >= 11 is 0. The van der Waals surface area contributed by atoms with Crippen LogP contribution in [0.1, 0.15) is 6.42 Å². The third-order valence-corrected chi connectivity index (χ3v) is 2.75. The second-order valence-corrected chi connectivity index (χ2v) is 3.61. The topological polar surface area (TPSA) is 24.5 Å². The van der Waals surface area contributed by atoms with Gasteiger partial charge in [0.15, 0.2) is 0 Å². The molecular weight excluding hydrogens is 178 g/mol. The lowest BCUT2D eigenvalue weighted by molar-refractivity contribution is -0.159. The van der Waals surface area contributed by atoms with Gasteiger partial charge in [0.1, 0.15) is 0 Å². The van der Waals surface area contributed by atoms with E-state index < -0.39 is 6.61 Å². The maximum absolute atomic E-state index is 11.9. The van der Waals surface area contributed by atoms with Crippen LogP contribution in [-0.4, -0.2) is 49.8 Å². The van der Waals surface area contributed by atoms with Crippen molar-refractivity contribution < 1.29 is 13.5 Å². The molecule has 0 aromatic heterocycles. The molecule has 0 aromatic carbocycles. The normalized spacial score (nSPS) is 31.2. The van der Waals surface area contributed by atoms with Crippen LogP contribution in [0, 0.1) is 0 Å². The van der Waals surface area contributed by atoms with E-state index in [4.69, 9.17) is 0 Å². The van der Waals surface area contributed by atoms with Crippen LogP contribution in [0.5, 0.6) is 0 Å². The fourth-order valence-corrected chi connectivity index (χ4v) is 1.87. The lowest BCUT2D eigenvalue weighted by Crippen LogP contribution is -2.56. The highest BCUT2D eigenvalue weighted by Gasteiger charge is 2.32. The van der Waals surface area contributed by atoms with Crippen molar-refractivity contribution in [2.24, 2.45) is 0 Å². The minimum atomic E-state index is -2.62. The van der Waals surface area contributed by atoms with Crippen LogP contribution in [0.25, 0.3) is 0 Å². The van der Waals surface area contributed by atoms with Crippen LogP contribution in [0.3, 0.4) is 0 Å². The first-order chi connectivity index (χ1) is 6.25. The van der Waals surface area contributed by atoms with Gasteiger partial charge in [0.05, 0.1) is 6.10 Å². The van der Waals surface area contributed by atoms with E-state index in [1.54, 1.807) is 0 Å². The Morgan fingerprint density at radius 1 is 1.38 bits per heavy atom. The van der Waals surface area contributed by atoms with Gasteiger partial charge in [-0.1, -0.05) is 0 Å². The fourth-order valence-electron chi connectivity index (χ4n) is 1.87. The third-order valence-electron chi connectivity index (χ3n) is 2.75. The lowest BCUT2D eigenvalue weighted by Gasteiger charge is -2.35. The van der Waals surface area contributed by atoms with E-state index in [0.717, 1.165) is 26.1 Å². The van der Waals surface area contributed by atoms with Crippen LogP contribution in [0.2, 0.25) is 0 Å². The molecule has 5 heteroatoms. The summed E-state index contributed by atoms with van der Waals surface area (Å²) in [5.41, 5.74) is 0. The zero-order valence-corrected chi connectivity index (χ0v) is 7.38. The third kappa shape index (κ3) is 2.15. The maximum Gasteiger partial charge on any atom is 0.345 e. The quantitative estimate of drug-likeness (QED) is 0.694. The molecule has 0 amide bonds. The number of hydrogen-bond donors (Lipinski definition) is 1. The number of alkyl halides is 2. The predicted octanol–water partition coefficient (Wildman–Crippen LogP) is 0.272. The number of nitrogens with zero attached hydrogens (tertiary/aromatic N) is 1. The molecule has 0 unspecified atom stereocenters. The number of hydrogen-bond acceptors (Lipinski definition) is 3. The summed E-state index contributed by atoms with van der Waals surface area (Å²) in [5.74, 6) is 0. The highest BCUT2D eigenvalue weighted by molar-refractivity contribution is 4.89. The van der Waals surface area contributed by atoms with E-state index in [1.165, 1.54) is 0 Å². The summed E-state index contributed by atoms with van der Waals surface area (Å²) in [6.45, 7) is 0.910. The van der Waals surface area contributed by atoms with Gasteiger partial charge in [-0.3, -0.25) is 4.90 Å². The van der Waals surface area contributed by atoms with Crippen molar-refractivity contribution in [3.05, 3.63) is 0 Å². The summed E-state index contributed by atoms with van der Waals surface area (Å²) in [7, 11) is 0. The van der Waals surface area contributed by atoms with Crippen molar-refractivity contribution in [3.8, 4) is 0 Å². The highest BCUT2D eigenvalue weighted by atomic mass is 19.3. The summed E-state index contributed by atoms with van der Waals surface area (Å²) < 4.78 is 28.2. The average Bonchev–Trinajstić information content (AvgIpc) is 2.31. The first-order valence-electron chi connectivity index (χ1n) is 4.64. The van der Waals surface area contributed by atoms with Gasteiger partial charge in [-0.25, -0.2) is 0 Å². The van der Waals surface area contributed by atoms with Crippen molar-refractivity contribution >= 4 is 0 Å². The fraction of sp³-hybridized carbons (Fsp3) is 1.00. The number of ether oxygens (including phenoxy) is 1. The molecule has 0 aromatic rings. The Hall–Kier alpha value is -0.260. The van der Waals surface area contributed by atoms with Gasteiger partial charge in [0, 0.05) is 32.2 Å². The van der Waals surface area contributed by atoms with Crippen LogP contribution < -0.4 is 5.32 Å². The SMILES string of the molecule is FC(F)O[C@@H]1CCN(C2CNC2)C1. The number of nitrogens with one attached hydrogen (secondary N) is 1. The Labute approximate surface area is 76.0 Å². The molecule has 1 N–H and O–H groups in total.